The molecule has 1 aromatic rings. The molecule has 5 atom stereocenters. The highest BCUT2D eigenvalue weighted by Crippen LogP contribution is 2.35. The van der Waals surface area contributed by atoms with Crippen molar-refractivity contribution in [3.8, 4) is 0 Å². The van der Waals surface area contributed by atoms with Crippen LogP contribution in [-0.4, -0.2) is 46.4 Å². The lowest BCUT2D eigenvalue weighted by atomic mass is 9.75. The molecule has 1 aliphatic carbocycles. The molecule has 9 nitrogen and oxygen atoms in total. The fourth-order valence-corrected chi connectivity index (χ4v) is 3.91. The fourth-order valence-electron chi connectivity index (χ4n) is 3.91. The number of rotatable bonds is 5. The zero-order valence-electron chi connectivity index (χ0n) is 16.5. The molecule has 2 N–H and O–H groups in total. The monoisotopic (exact) mass is 395 g/mol. The highest BCUT2D eigenvalue weighted by atomic mass is 16.7. The minimum Gasteiger partial charge on any atom is -0.446 e. The molecule has 2 aliphatic rings. The molecule has 1 aliphatic heterocycles. The summed E-state index contributed by atoms with van der Waals surface area (Å²) in [5, 5.41) is 11.6. The normalized spacial score (nSPS) is 30.4. The van der Waals surface area contributed by atoms with Crippen LogP contribution in [0.1, 0.15) is 46.3 Å². The number of carbonyl (C=O) groups excluding carboxylic acids is 1. The van der Waals surface area contributed by atoms with E-state index in [2.05, 4.69) is 31.1 Å². The molecule has 1 saturated carbocycles. The number of ether oxygens (including phenoxy) is 3. The summed E-state index contributed by atoms with van der Waals surface area (Å²) < 4.78 is 17.5. The van der Waals surface area contributed by atoms with Gasteiger partial charge in [-0.2, -0.15) is 4.98 Å². The molecule has 9 heteroatoms. The average molecular weight is 395 g/mol. The van der Waals surface area contributed by atoms with E-state index >= 15 is 0 Å². The molecule has 5 unspecified atom stereocenters. The van der Waals surface area contributed by atoms with Gasteiger partial charge in [-0.25, -0.2) is 9.59 Å². The zero-order chi connectivity index (χ0) is 20.3. The Morgan fingerprint density at radius 2 is 2.25 bits per heavy atom. The van der Waals surface area contributed by atoms with Crippen molar-refractivity contribution in [2.24, 2.45) is 17.8 Å². The molecule has 1 saturated heterocycles. The number of hydrogen-bond acceptors (Lipinski definition) is 7. The van der Waals surface area contributed by atoms with Gasteiger partial charge in [-0.3, -0.25) is 9.88 Å². The molecule has 2 fully saturated rings. The summed E-state index contributed by atoms with van der Waals surface area (Å²) in [6.45, 7) is 6.31. The molecule has 1 amide bonds. The van der Waals surface area contributed by atoms with Crippen LogP contribution in [0.15, 0.2) is 17.1 Å². The van der Waals surface area contributed by atoms with E-state index in [4.69, 9.17) is 19.3 Å². The standard InChI is InChI=1S/C19H29N3O6/c1-11(2)13-5-4-12(3)8-14(13)27-19(25)21-15-6-7-22(18(24)20-15)16-10-26-17(9-23)28-16/h6-7,11-14,16-17,23H,4-5,8-10H2,1-3H3,(H,20,21,24,25). The van der Waals surface area contributed by atoms with Crippen molar-refractivity contribution in [1.82, 2.24) is 9.55 Å². The quantitative estimate of drug-likeness (QED) is 0.785. The van der Waals surface area contributed by atoms with Gasteiger partial charge in [0.1, 0.15) is 11.9 Å². The fraction of sp³-hybridized carbons (Fsp3) is 0.737. The second-order valence-electron chi connectivity index (χ2n) is 7.93. The van der Waals surface area contributed by atoms with Gasteiger partial charge in [0, 0.05) is 6.20 Å². The topological polar surface area (TPSA) is 112 Å². The molecule has 0 spiro atoms. The lowest BCUT2D eigenvalue weighted by Gasteiger charge is -2.36. The number of aromatic nitrogens is 2. The van der Waals surface area contributed by atoms with Crippen LogP contribution in [0.25, 0.3) is 0 Å². The van der Waals surface area contributed by atoms with E-state index < -0.39 is 24.3 Å². The summed E-state index contributed by atoms with van der Waals surface area (Å²) in [7, 11) is 0. The first-order chi connectivity index (χ1) is 13.4. The van der Waals surface area contributed by atoms with E-state index in [0.717, 1.165) is 19.3 Å². The first kappa shape index (κ1) is 20.8. The number of aliphatic hydroxyl groups excluding tert-OH is 1. The van der Waals surface area contributed by atoms with Crippen LogP contribution >= 0.6 is 0 Å². The van der Waals surface area contributed by atoms with Crippen LogP contribution in [0.5, 0.6) is 0 Å². The molecular formula is C19H29N3O6. The van der Waals surface area contributed by atoms with Crippen LogP contribution in [0, 0.1) is 17.8 Å². The second-order valence-corrected chi connectivity index (χ2v) is 7.93. The average Bonchev–Trinajstić information content (AvgIpc) is 3.10. The largest absolute Gasteiger partial charge is 0.446 e. The van der Waals surface area contributed by atoms with Crippen molar-refractivity contribution in [2.45, 2.75) is 58.7 Å². The Balaban J connectivity index is 1.61. The molecule has 1 aromatic heterocycles. The summed E-state index contributed by atoms with van der Waals surface area (Å²) in [5.74, 6) is 1.41. The molecule has 28 heavy (non-hydrogen) atoms. The van der Waals surface area contributed by atoms with Crippen LogP contribution in [0.3, 0.4) is 0 Å². The second kappa shape index (κ2) is 9.02. The van der Waals surface area contributed by atoms with Crippen molar-refractivity contribution in [3.63, 3.8) is 0 Å². The summed E-state index contributed by atoms with van der Waals surface area (Å²) in [6.07, 6.45) is 2.36. The van der Waals surface area contributed by atoms with Gasteiger partial charge in [-0.15, -0.1) is 0 Å². The Morgan fingerprint density at radius 1 is 1.46 bits per heavy atom. The van der Waals surface area contributed by atoms with Crippen molar-refractivity contribution in [1.29, 1.82) is 0 Å². The van der Waals surface area contributed by atoms with Gasteiger partial charge in [0.25, 0.3) is 0 Å². The molecule has 2 heterocycles. The number of carbonyl (C=O) groups is 1. The van der Waals surface area contributed by atoms with Crippen LogP contribution < -0.4 is 11.0 Å². The lowest BCUT2D eigenvalue weighted by Crippen LogP contribution is -2.37. The Labute approximate surface area is 164 Å². The number of hydrogen-bond donors (Lipinski definition) is 2. The van der Waals surface area contributed by atoms with E-state index in [0.29, 0.717) is 17.8 Å². The first-order valence-electron chi connectivity index (χ1n) is 9.82. The zero-order valence-corrected chi connectivity index (χ0v) is 16.5. The van der Waals surface area contributed by atoms with Gasteiger partial charge in [0.05, 0.1) is 13.2 Å². The summed E-state index contributed by atoms with van der Waals surface area (Å²) >= 11 is 0. The summed E-state index contributed by atoms with van der Waals surface area (Å²) in [4.78, 5) is 28.4. The van der Waals surface area contributed by atoms with Gasteiger partial charge < -0.3 is 19.3 Å². The third kappa shape index (κ3) is 4.89. The number of nitrogens with zero attached hydrogens (tertiary/aromatic N) is 2. The van der Waals surface area contributed by atoms with E-state index in [1.807, 2.05) is 0 Å². The molecule has 0 aromatic carbocycles. The maximum atomic E-state index is 12.3. The van der Waals surface area contributed by atoms with Gasteiger partial charge >= 0.3 is 11.8 Å². The number of aliphatic hydroxyl groups is 1. The van der Waals surface area contributed by atoms with E-state index in [-0.39, 0.29) is 25.1 Å². The van der Waals surface area contributed by atoms with Crippen molar-refractivity contribution in [2.75, 3.05) is 18.5 Å². The molecule has 156 valence electrons. The highest BCUT2D eigenvalue weighted by Gasteiger charge is 2.33. The smallest absolute Gasteiger partial charge is 0.413 e. The minimum atomic E-state index is -0.753. The predicted octanol–water partition coefficient (Wildman–Crippen LogP) is 2.12. The maximum absolute atomic E-state index is 12.3. The van der Waals surface area contributed by atoms with Gasteiger partial charge in [0.15, 0.2) is 12.5 Å². The SMILES string of the molecule is CC1CCC(C(C)C)C(OC(=O)Nc2ccn(C3COC(CO)O3)c(=O)n2)C1. The van der Waals surface area contributed by atoms with Gasteiger partial charge in [-0.1, -0.05) is 27.2 Å². The predicted molar refractivity (Wildman–Crippen MR) is 101 cm³/mol. The Bertz CT molecular complexity index is 737. The number of amides is 1. The molecule has 0 radical (unpaired) electrons. The maximum Gasteiger partial charge on any atom is 0.413 e. The Kier molecular flexibility index (Phi) is 6.69. The highest BCUT2D eigenvalue weighted by molar-refractivity contribution is 5.83. The third-order valence-electron chi connectivity index (χ3n) is 5.47. The Morgan fingerprint density at radius 3 is 2.89 bits per heavy atom. The van der Waals surface area contributed by atoms with Crippen molar-refractivity contribution in [3.05, 3.63) is 22.7 Å². The molecular weight excluding hydrogens is 366 g/mol. The van der Waals surface area contributed by atoms with Gasteiger partial charge in [-0.05, 0) is 36.7 Å². The third-order valence-corrected chi connectivity index (χ3v) is 5.47. The van der Waals surface area contributed by atoms with Crippen molar-refractivity contribution < 1.29 is 24.1 Å². The van der Waals surface area contributed by atoms with Crippen LogP contribution in [0.2, 0.25) is 0 Å². The first-order valence-corrected chi connectivity index (χ1v) is 9.82. The van der Waals surface area contributed by atoms with Crippen LogP contribution in [-0.2, 0) is 14.2 Å². The number of anilines is 1. The van der Waals surface area contributed by atoms with Crippen LogP contribution in [0.4, 0.5) is 10.6 Å². The summed E-state index contributed by atoms with van der Waals surface area (Å²) in [6, 6.07) is 1.50. The molecule has 0 bridgehead atoms. The number of nitrogens with one attached hydrogen (secondary N) is 1. The van der Waals surface area contributed by atoms with E-state index in [1.165, 1.54) is 16.8 Å². The van der Waals surface area contributed by atoms with Gasteiger partial charge in [0.2, 0.25) is 0 Å². The summed E-state index contributed by atoms with van der Waals surface area (Å²) in [5.41, 5.74) is -0.587. The molecule has 3 rings (SSSR count). The minimum absolute atomic E-state index is 0.119. The lowest BCUT2D eigenvalue weighted by molar-refractivity contribution is -0.0992. The van der Waals surface area contributed by atoms with E-state index in [9.17, 15) is 9.59 Å². The van der Waals surface area contributed by atoms with E-state index in [1.54, 1.807) is 0 Å². The Hall–Kier alpha value is -1.97. The van der Waals surface area contributed by atoms with Crippen molar-refractivity contribution >= 4 is 11.9 Å².